The predicted molar refractivity (Wildman–Crippen MR) is 219 cm³/mol. The van der Waals surface area contributed by atoms with Crippen LogP contribution < -0.4 is 61.9 Å². The van der Waals surface area contributed by atoms with Gasteiger partial charge >= 0.3 is 0 Å². The van der Waals surface area contributed by atoms with Crippen molar-refractivity contribution in [3.05, 3.63) is 58.7 Å². The molecule has 0 aliphatic heterocycles. The third-order valence-electron chi connectivity index (χ3n) is 7.49. The van der Waals surface area contributed by atoms with Crippen molar-refractivity contribution < 1.29 is 9.59 Å². The van der Waals surface area contributed by atoms with E-state index in [0.717, 1.165) is 25.7 Å². The molecular weight excluding hydrogens is 692 g/mol. The van der Waals surface area contributed by atoms with E-state index in [1.54, 1.807) is 58.0 Å². The van der Waals surface area contributed by atoms with Crippen LogP contribution in [0.3, 0.4) is 0 Å². The van der Waals surface area contributed by atoms with Crippen LogP contribution >= 0.6 is 0 Å². The van der Waals surface area contributed by atoms with E-state index < -0.39 is 6.29 Å². The first kappa shape index (κ1) is 43.8. The second-order valence-electron chi connectivity index (χ2n) is 12.3. The molecule has 20 heteroatoms. The molecule has 292 valence electrons. The average molecular weight is 747 g/mol. The molecule has 0 aliphatic carbocycles. The Morgan fingerprint density at radius 1 is 0.500 bits per heavy atom. The molecule has 0 radical (unpaired) electrons. The Morgan fingerprint density at radius 3 is 1.13 bits per heavy atom. The van der Waals surface area contributed by atoms with E-state index in [4.69, 9.17) is 45.9 Å². The highest BCUT2D eigenvalue weighted by molar-refractivity contribution is 6.07. The smallest absolute Gasteiger partial charge is 0.224 e. The van der Waals surface area contributed by atoms with Gasteiger partial charge in [0.25, 0.3) is 0 Å². The van der Waals surface area contributed by atoms with Gasteiger partial charge in [-0.2, -0.15) is 20.4 Å². The van der Waals surface area contributed by atoms with Crippen LogP contribution in [0, 0.1) is 0 Å². The molecule has 0 aromatic heterocycles. The minimum Gasteiger partial charge on any atom is -0.369 e. The van der Waals surface area contributed by atoms with Crippen LogP contribution in [-0.2, 0) is 9.59 Å². The summed E-state index contributed by atoms with van der Waals surface area (Å²) in [7, 11) is 0. The van der Waals surface area contributed by atoms with E-state index in [9.17, 15) is 9.59 Å². The van der Waals surface area contributed by atoms with Gasteiger partial charge in [-0.15, -0.1) is 15.3 Å². The van der Waals surface area contributed by atoms with Gasteiger partial charge in [-0.05, 0) is 76.9 Å². The highest BCUT2D eigenvalue weighted by Crippen LogP contribution is 2.20. The van der Waals surface area contributed by atoms with Crippen molar-refractivity contribution in [2.24, 2.45) is 81.6 Å². The molecule has 0 bridgehead atoms. The summed E-state index contributed by atoms with van der Waals surface area (Å²) in [6.07, 6.45) is 4.83. The van der Waals surface area contributed by atoms with E-state index >= 15 is 0 Å². The third-order valence-corrected chi connectivity index (χ3v) is 7.49. The Labute approximate surface area is 314 Å². The quantitative estimate of drug-likeness (QED) is 0.0297. The Hall–Kier alpha value is -6.41. The maximum atomic E-state index is 12.8. The van der Waals surface area contributed by atoms with Gasteiger partial charge in [0.1, 0.15) is 6.29 Å². The fourth-order valence-electron chi connectivity index (χ4n) is 4.77. The fraction of sp³-hybridized carbons (Fsp3) is 0.382. The van der Waals surface area contributed by atoms with Crippen molar-refractivity contribution in [3.63, 3.8) is 0 Å². The van der Waals surface area contributed by atoms with Crippen LogP contribution in [0.15, 0.2) is 72.1 Å². The molecule has 2 aromatic rings. The van der Waals surface area contributed by atoms with Gasteiger partial charge in [0.2, 0.25) is 29.7 Å². The molecule has 0 aliphatic rings. The lowest BCUT2D eigenvalue weighted by Gasteiger charge is -2.12. The topological polar surface area (TPSA) is 365 Å². The number of hydrazone groups is 1. The zero-order valence-electron chi connectivity index (χ0n) is 31.3. The van der Waals surface area contributed by atoms with Gasteiger partial charge in [0, 0.05) is 46.5 Å². The van der Waals surface area contributed by atoms with E-state index in [1.807, 2.05) is 6.07 Å². The molecule has 0 spiro atoms. The number of nitrogens with zero attached hydrogens (tertiary/aromatic N) is 7. The number of rotatable bonds is 20. The SMILES string of the molecule is C/C(=N\N=C(N)N)c1cc(NC(=O)CCCCCCCCC(=O)Nc2cc(/C(C)=N/N=C(N)N)cc(/C(C)=N/NC(N)N)c2)cc(/C(C)=N/N=C(N)N)c1. The molecular formula is C34H54N18O2. The number of amides is 2. The van der Waals surface area contributed by atoms with Gasteiger partial charge in [0.15, 0.2) is 0 Å². The van der Waals surface area contributed by atoms with Crippen molar-refractivity contribution in [1.29, 1.82) is 0 Å². The molecule has 0 atom stereocenters. The Bertz CT molecular complexity index is 1760. The van der Waals surface area contributed by atoms with Crippen LogP contribution in [0.5, 0.6) is 0 Å². The average Bonchev–Trinajstić information content (AvgIpc) is 3.11. The maximum Gasteiger partial charge on any atom is 0.224 e. The lowest BCUT2D eigenvalue weighted by atomic mass is 10.0. The molecule has 2 rings (SSSR count). The molecule has 0 fully saturated rings. The van der Waals surface area contributed by atoms with Crippen LogP contribution in [0.2, 0.25) is 0 Å². The number of nitrogens with two attached hydrogens (primary N) is 8. The Morgan fingerprint density at radius 2 is 0.815 bits per heavy atom. The Balaban J connectivity index is 1.91. The highest BCUT2D eigenvalue weighted by atomic mass is 16.2. The van der Waals surface area contributed by atoms with E-state index in [1.165, 1.54) is 0 Å². The first-order chi connectivity index (χ1) is 25.5. The summed E-state index contributed by atoms with van der Waals surface area (Å²) in [4.78, 5) is 25.7. The summed E-state index contributed by atoms with van der Waals surface area (Å²) in [6, 6.07) is 10.7. The zero-order valence-corrected chi connectivity index (χ0v) is 31.3. The largest absolute Gasteiger partial charge is 0.369 e. The van der Waals surface area contributed by atoms with Crippen LogP contribution in [0.1, 0.15) is 101 Å². The molecule has 0 saturated carbocycles. The highest BCUT2D eigenvalue weighted by Gasteiger charge is 2.12. The number of unbranched alkanes of at least 4 members (excludes halogenated alkanes) is 5. The first-order valence-electron chi connectivity index (χ1n) is 17.2. The molecule has 0 unspecified atom stereocenters. The summed E-state index contributed by atoms with van der Waals surface area (Å²) >= 11 is 0. The molecule has 2 aromatic carbocycles. The summed E-state index contributed by atoms with van der Waals surface area (Å²) in [5, 5.41) is 33.3. The normalized spacial score (nSPS) is 12.2. The van der Waals surface area contributed by atoms with Gasteiger partial charge in [-0.3, -0.25) is 26.5 Å². The first-order valence-corrected chi connectivity index (χ1v) is 17.2. The zero-order chi connectivity index (χ0) is 40.2. The number of carbonyl (C=O) groups excluding carboxylic acids is 2. The van der Waals surface area contributed by atoms with Crippen molar-refractivity contribution in [2.45, 2.75) is 85.4 Å². The molecule has 19 N–H and O–H groups in total. The maximum absolute atomic E-state index is 12.8. The van der Waals surface area contributed by atoms with Crippen molar-refractivity contribution in [1.82, 2.24) is 5.43 Å². The summed E-state index contributed by atoms with van der Waals surface area (Å²) in [5.74, 6) is -0.818. The molecule has 0 saturated heterocycles. The van der Waals surface area contributed by atoms with Gasteiger partial charge < -0.3 is 45.0 Å². The van der Waals surface area contributed by atoms with Crippen molar-refractivity contribution >= 4 is 63.9 Å². The number of anilines is 2. The second kappa shape index (κ2) is 22.5. The minimum atomic E-state index is -0.833. The number of carbonyl (C=O) groups is 2. The van der Waals surface area contributed by atoms with Crippen molar-refractivity contribution in [3.8, 4) is 0 Å². The Kier molecular flexibility index (Phi) is 18.2. The fourth-order valence-corrected chi connectivity index (χ4v) is 4.77. The third kappa shape index (κ3) is 17.2. The molecule has 20 nitrogen and oxygen atoms in total. The van der Waals surface area contributed by atoms with Crippen LogP contribution in [0.4, 0.5) is 11.4 Å². The van der Waals surface area contributed by atoms with Crippen LogP contribution in [-0.4, -0.2) is 58.8 Å². The van der Waals surface area contributed by atoms with Gasteiger partial charge in [-0.25, -0.2) is 0 Å². The summed E-state index contributed by atoms with van der Waals surface area (Å²) < 4.78 is 0. The number of benzene rings is 2. The lowest BCUT2D eigenvalue weighted by molar-refractivity contribution is -0.117. The number of hydrogen-bond acceptors (Lipinski definition) is 12. The van der Waals surface area contributed by atoms with Gasteiger partial charge in [-0.1, -0.05) is 25.7 Å². The van der Waals surface area contributed by atoms with Gasteiger partial charge in [0.05, 0.1) is 22.8 Å². The van der Waals surface area contributed by atoms with E-state index in [-0.39, 0.29) is 29.7 Å². The van der Waals surface area contributed by atoms with E-state index in [2.05, 4.69) is 51.8 Å². The van der Waals surface area contributed by atoms with Crippen molar-refractivity contribution in [2.75, 3.05) is 10.6 Å². The van der Waals surface area contributed by atoms with Crippen LogP contribution in [0.25, 0.3) is 0 Å². The summed E-state index contributed by atoms with van der Waals surface area (Å²) in [5.41, 5.74) is 52.1. The number of guanidine groups is 3. The van der Waals surface area contributed by atoms with E-state index in [0.29, 0.717) is 82.2 Å². The summed E-state index contributed by atoms with van der Waals surface area (Å²) in [6.45, 7) is 6.98. The lowest BCUT2D eigenvalue weighted by Crippen LogP contribution is -2.42. The minimum absolute atomic E-state index is 0.132. The standard InChI is InChI=1S/C34H54N18O2/c1-19(45-49-31(35)36)23-13-24(20(2)46-50-32(37)38)16-27(15-23)43-29(53)11-9-7-5-6-8-10-12-30(54)44-28-17-25(21(3)47-51-33(39)40)14-26(18-28)22(4)48-52-34(41)42/h13-18,31,49H,5-12,35-36H2,1-4H3,(H,43,53)(H,44,54)(H4,37,38,50)(H4,39,40,51)(H4,41,42,52)/b45-19+,46-20+,47-21+,48-22+. The molecule has 2 amide bonds. The molecule has 54 heavy (non-hydrogen) atoms. The predicted octanol–water partition coefficient (Wildman–Crippen LogP) is 0.891. The molecule has 0 heterocycles. The number of nitrogens with one attached hydrogen (secondary N) is 3. The second-order valence-corrected chi connectivity index (χ2v) is 12.3. The monoisotopic (exact) mass is 746 g/mol. The number of hydrogen-bond donors (Lipinski definition) is 11.